The van der Waals surface area contributed by atoms with Gasteiger partial charge in [-0.1, -0.05) is 55.3 Å². The summed E-state index contributed by atoms with van der Waals surface area (Å²) in [7, 11) is -3.84. The molecule has 0 saturated heterocycles. The highest BCUT2D eigenvalue weighted by atomic mass is 35.5. The van der Waals surface area contributed by atoms with E-state index >= 15 is 0 Å². The van der Waals surface area contributed by atoms with Gasteiger partial charge in [0.2, 0.25) is 15.9 Å². The van der Waals surface area contributed by atoms with E-state index in [1.807, 2.05) is 6.92 Å². The predicted octanol–water partition coefficient (Wildman–Crippen LogP) is 4.00. The molecule has 0 heterocycles. The fourth-order valence-electron chi connectivity index (χ4n) is 2.64. The van der Waals surface area contributed by atoms with Crippen LogP contribution >= 0.6 is 11.6 Å². The molecule has 0 aliphatic heterocycles. The first-order valence-electron chi connectivity index (χ1n) is 9.26. The summed E-state index contributed by atoms with van der Waals surface area (Å²) in [6, 6.07) is 13.6. The van der Waals surface area contributed by atoms with Crippen molar-refractivity contribution in [2.75, 3.05) is 13.1 Å². The number of sulfonamides is 1. The van der Waals surface area contributed by atoms with Gasteiger partial charge in [-0.25, -0.2) is 8.42 Å². The molecule has 0 bridgehead atoms. The highest BCUT2D eigenvalue weighted by molar-refractivity contribution is 7.89. The first kappa shape index (κ1) is 22.4. The second-order valence-corrected chi connectivity index (χ2v) is 9.62. The van der Waals surface area contributed by atoms with Gasteiger partial charge in [-0.15, -0.1) is 0 Å². The topological polar surface area (TPSA) is 66.5 Å². The zero-order valence-corrected chi connectivity index (χ0v) is 18.1. The van der Waals surface area contributed by atoms with E-state index < -0.39 is 10.0 Å². The maximum atomic E-state index is 13.2. The zero-order valence-electron chi connectivity index (χ0n) is 16.5. The third-order valence-corrected chi connectivity index (χ3v) is 6.31. The average Bonchev–Trinajstić information content (AvgIpc) is 2.61. The van der Waals surface area contributed by atoms with Crippen LogP contribution in [0.1, 0.15) is 31.4 Å². The number of carbonyl (C=O) groups excluding carboxylic acids is 1. The Morgan fingerprint density at radius 1 is 1.14 bits per heavy atom. The van der Waals surface area contributed by atoms with Crippen molar-refractivity contribution in [1.29, 1.82) is 0 Å². The van der Waals surface area contributed by atoms with Crippen molar-refractivity contribution < 1.29 is 13.2 Å². The molecule has 152 valence electrons. The van der Waals surface area contributed by atoms with Crippen LogP contribution in [-0.2, 0) is 21.4 Å². The first-order chi connectivity index (χ1) is 13.2. The second kappa shape index (κ2) is 10.0. The molecule has 0 aliphatic carbocycles. The predicted molar refractivity (Wildman–Crippen MR) is 113 cm³/mol. The first-order valence-corrected chi connectivity index (χ1v) is 11.1. The van der Waals surface area contributed by atoms with Gasteiger partial charge < -0.3 is 5.32 Å². The number of aryl methyl sites for hydroxylation is 1. The highest BCUT2D eigenvalue weighted by Gasteiger charge is 2.27. The molecule has 5 nitrogen and oxygen atoms in total. The molecule has 0 radical (unpaired) electrons. The minimum Gasteiger partial charge on any atom is -0.355 e. The maximum absolute atomic E-state index is 13.2. The van der Waals surface area contributed by atoms with Crippen molar-refractivity contribution in [3.63, 3.8) is 0 Å². The summed E-state index contributed by atoms with van der Waals surface area (Å²) in [4.78, 5) is 12.5. The second-order valence-electron chi connectivity index (χ2n) is 7.25. The SMILES string of the molecule is Cc1ccc(S(=O)(=O)N(CC(=O)NCCC(C)C)Cc2cccc(Cl)c2)cc1. The number of nitrogens with zero attached hydrogens (tertiary/aromatic N) is 1. The van der Waals surface area contributed by atoms with Gasteiger partial charge in [0, 0.05) is 18.1 Å². The van der Waals surface area contributed by atoms with Crippen molar-refractivity contribution in [3.05, 3.63) is 64.7 Å². The number of carbonyl (C=O) groups is 1. The van der Waals surface area contributed by atoms with Crippen molar-refractivity contribution >= 4 is 27.5 Å². The van der Waals surface area contributed by atoms with Crippen molar-refractivity contribution in [1.82, 2.24) is 9.62 Å². The van der Waals surface area contributed by atoms with Crippen molar-refractivity contribution in [3.8, 4) is 0 Å². The molecule has 2 aromatic rings. The summed E-state index contributed by atoms with van der Waals surface area (Å²) >= 11 is 6.03. The number of benzene rings is 2. The molecular weight excluding hydrogens is 396 g/mol. The summed E-state index contributed by atoms with van der Waals surface area (Å²) in [5.74, 6) is 0.137. The van der Waals surface area contributed by atoms with E-state index in [1.165, 1.54) is 4.31 Å². The molecule has 7 heteroatoms. The third kappa shape index (κ3) is 6.62. The Hall–Kier alpha value is -1.89. The van der Waals surface area contributed by atoms with Gasteiger partial charge in [-0.3, -0.25) is 4.79 Å². The molecule has 28 heavy (non-hydrogen) atoms. The summed E-state index contributed by atoms with van der Waals surface area (Å²) in [6.45, 7) is 6.36. The van der Waals surface area contributed by atoms with Crippen LogP contribution in [0.25, 0.3) is 0 Å². The molecule has 2 rings (SSSR count). The normalized spacial score (nSPS) is 11.8. The fraction of sp³-hybridized carbons (Fsp3) is 0.381. The molecular formula is C21H27ClN2O3S. The van der Waals surface area contributed by atoms with E-state index in [2.05, 4.69) is 19.2 Å². The largest absolute Gasteiger partial charge is 0.355 e. The van der Waals surface area contributed by atoms with E-state index in [0.29, 0.717) is 17.5 Å². The molecule has 0 aliphatic rings. The highest BCUT2D eigenvalue weighted by Crippen LogP contribution is 2.20. The number of amides is 1. The lowest BCUT2D eigenvalue weighted by atomic mass is 10.1. The molecule has 1 amide bonds. The van der Waals surface area contributed by atoms with Crippen molar-refractivity contribution in [2.24, 2.45) is 5.92 Å². The molecule has 0 unspecified atom stereocenters. The van der Waals surface area contributed by atoms with Crippen LogP contribution in [0, 0.1) is 12.8 Å². The molecule has 0 atom stereocenters. The minimum absolute atomic E-state index is 0.0639. The maximum Gasteiger partial charge on any atom is 0.243 e. The molecule has 0 spiro atoms. The van der Waals surface area contributed by atoms with Crippen LogP contribution in [0.3, 0.4) is 0 Å². The Kier molecular flexibility index (Phi) is 8.04. The quantitative estimate of drug-likeness (QED) is 0.664. The zero-order chi connectivity index (χ0) is 20.7. The Morgan fingerprint density at radius 2 is 1.82 bits per heavy atom. The number of rotatable bonds is 9. The third-order valence-electron chi connectivity index (χ3n) is 4.27. The number of nitrogens with one attached hydrogen (secondary N) is 1. The molecule has 0 saturated carbocycles. The van der Waals surface area contributed by atoms with Crippen LogP contribution in [0.4, 0.5) is 0 Å². The van der Waals surface area contributed by atoms with Crippen LogP contribution in [0.2, 0.25) is 5.02 Å². The van der Waals surface area contributed by atoms with Gasteiger partial charge in [-0.05, 0) is 49.1 Å². The standard InChI is InChI=1S/C21H27ClN2O3S/c1-16(2)11-12-23-21(25)15-24(14-18-5-4-6-19(22)13-18)28(26,27)20-9-7-17(3)8-10-20/h4-10,13,16H,11-12,14-15H2,1-3H3,(H,23,25). The molecule has 0 aromatic heterocycles. The lowest BCUT2D eigenvalue weighted by molar-refractivity contribution is -0.121. The summed E-state index contributed by atoms with van der Waals surface area (Å²) in [6.07, 6.45) is 0.838. The van der Waals surface area contributed by atoms with Crippen LogP contribution in [-0.4, -0.2) is 31.7 Å². The number of hydrogen-bond donors (Lipinski definition) is 1. The van der Waals surface area contributed by atoms with Gasteiger partial charge in [-0.2, -0.15) is 4.31 Å². The van der Waals surface area contributed by atoms with E-state index in [0.717, 1.165) is 17.5 Å². The Balaban J connectivity index is 2.24. The lowest BCUT2D eigenvalue weighted by Gasteiger charge is -2.22. The van der Waals surface area contributed by atoms with E-state index in [1.54, 1.807) is 48.5 Å². The van der Waals surface area contributed by atoms with E-state index in [9.17, 15) is 13.2 Å². The average molecular weight is 423 g/mol. The summed E-state index contributed by atoms with van der Waals surface area (Å²) < 4.78 is 27.5. The smallest absolute Gasteiger partial charge is 0.243 e. The van der Waals surface area contributed by atoms with Crippen LogP contribution in [0.15, 0.2) is 53.4 Å². The van der Waals surface area contributed by atoms with Crippen LogP contribution in [0.5, 0.6) is 0 Å². The van der Waals surface area contributed by atoms with Gasteiger partial charge in [0.15, 0.2) is 0 Å². The lowest BCUT2D eigenvalue weighted by Crippen LogP contribution is -2.40. The van der Waals surface area contributed by atoms with E-state index in [-0.39, 0.29) is 23.9 Å². The Labute approximate surface area is 172 Å². The van der Waals surface area contributed by atoms with Crippen molar-refractivity contribution in [2.45, 2.75) is 38.6 Å². The fourth-order valence-corrected chi connectivity index (χ4v) is 4.24. The van der Waals surface area contributed by atoms with Crippen LogP contribution < -0.4 is 5.32 Å². The molecule has 1 N–H and O–H groups in total. The van der Waals surface area contributed by atoms with Gasteiger partial charge in [0.25, 0.3) is 0 Å². The summed E-state index contributed by atoms with van der Waals surface area (Å²) in [5, 5.41) is 3.32. The Morgan fingerprint density at radius 3 is 2.43 bits per heavy atom. The Bertz CT molecular complexity index is 896. The van der Waals surface area contributed by atoms with Gasteiger partial charge in [0.1, 0.15) is 0 Å². The number of halogens is 1. The molecule has 0 fully saturated rings. The summed E-state index contributed by atoms with van der Waals surface area (Å²) in [5.41, 5.74) is 1.69. The molecule has 2 aromatic carbocycles. The monoisotopic (exact) mass is 422 g/mol. The van der Waals surface area contributed by atoms with E-state index in [4.69, 9.17) is 11.6 Å². The van der Waals surface area contributed by atoms with Gasteiger partial charge >= 0.3 is 0 Å². The van der Waals surface area contributed by atoms with Gasteiger partial charge in [0.05, 0.1) is 11.4 Å². The minimum atomic E-state index is -3.84. The number of hydrogen-bond acceptors (Lipinski definition) is 3.